The van der Waals surface area contributed by atoms with Crippen LogP contribution in [0.5, 0.6) is 0 Å². The van der Waals surface area contributed by atoms with Gasteiger partial charge in [0, 0.05) is 22.2 Å². The second-order valence-electron chi connectivity index (χ2n) is 5.64. The van der Waals surface area contributed by atoms with Crippen molar-refractivity contribution in [3.05, 3.63) is 65.7 Å². The first-order valence-corrected chi connectivity index (χ1v) is 8.27. The summed E-state index contributed by atoms with van der Waals surface area (Å²) in [5.41, 5.74) is 10.4. The zero-order valence-electron chi connectivity index (χ0n) is 11.8. The van der Waals surface area contributed by atoms with Crippen molar-refractivity contribution in [3.8, 4) is 0 Å². The van der Waals surface area contributed by atoms with Crippen LogP contribution in [-0.4, -0.2) is 10.2 Å². The normalized spacial score (nSPS) is 21.4. The lowest BCUT2D eigenvalue weighted by molar-refractivity contribution is 0.586. The van der Waals surface area contributed by atoms with Gasteiger partial charge in [-0.15, -0.1) is 11.8 Å². The molecule has 1 aliphatic carbocycles. The molecule has 0 saturated heterocycles. The third kappa shape index (κ3) is 2.37. The van der Waals surface area contributed by atoms with Crippen LogP contribution in [0.1, 0.15) is 23.6 Å². The predicted octanol–water partition coefficient (Wildman–Crippen LogP) is 4.27. The van der Waals surface area contributed by atoms with E-state index in [1.807, 2.05) is 11.8 Å². The molecule has 0 spiro atoms. The van der Waals surface area contributed by atoms with E-state index >= 15 is 0 Å². The molecule has 3 heteroatoms. The van der Waals surface area contributed by atoms with Gasteiger partial charge in [-0.1, -0.05) is 42.5 Å². The van der Waals surface area contributed by atoms with Crippen molar-refractivity contribution < 1.29 is 0 Å². The number of aryl methyl sites for hydroxylation is 1. The average molecular weight is 294 g/mol. The highest BCUT2D eigenvalue weighted by Gasteiger charge is 2.27. The highest BCUT2D eigenvalue weighted by molar-refractivity contribution is 7.99. The summed E-state index contributed by atoms with van der Waals surface area (Å²) in [6.07, 6.45) is 2.26. The summed E-state index contributed by atoms with van der Waals surface area (Å²) >= 11 is 1.88. The molecule has 106 valence electrons. The number of rotatable bonds is 2. The van der Waals surface area contributed by atoms with Gasteiger partial charge >= 0.3 is 0 Å². The van der Waals surface area contributed by atoms with Crippen molar-refractivity contribution in [2.75, 3.05) is 0 Å². The number of fused-ring (bicyclic) bond motifs is 2. The van der Waals surface area contributed by atoms with Gasteiger partial charge in [0.2, 0.25) is 0 Å². The second-order valence-corrected chi connectivity index (χ2v) is 6.92. The van der Waals surface area contributed by atoms with E-state index in [2.05, 4.69) is 59.6 Å². The Labute approximate surface area is 128 Å². The van der Waals surface area contributed by atoms with Gasteiger partial charge < -0.3 is 10.7 Å². The van der Waals surface area contributed by atoms with Gasteiger partial charge in [0.25, 0.3) is 0 Å². The molecule has 2 aromatic carbocycles. The molecular weight excluding hydrogens is 276 g/mol. The van der Waals surface area contributed by atoms with Crippen LogP contribution in [0.4, 0.5) is 0 Å². The van der Waals surface area contributed by atoms with E-state index in [1.54, 1.807) is 0 Å². The van der Waals surface area contributed by atoms with E-state index in [4.69, 9.17) is 5.73 Å². The fourth-order valence-electron chi connectivity index (χ4n) is 3.17. The molecule has 2 nitrogen and oxygen atoms in total. The summed E-state index contributed by atoms with van der Waals surface area (Å²) in [5, 5.41) is 2.92. The first-order valence-electron chi connectivity index (χ1n) is 7.39. The van der Waals surface area contributed by atoms with Crippen LogP contribution in [0, 0.1) is 0 Å². The van der Waals surface area contributed by atoms with Crippen molar-refractivity contribution in [3.63, 3.8) is 0 Å². The van der Waals surface area contributed by atoms with Gasteiger partial charge in [-0.3, -0.25) is 0 Å². The van der Waals surface area contributed by atoms with Gasteiger partial charge in [-0.25, -0.2) is 0 Å². The molecule has 0 aliphatic heterocycles. The molecule has 4 rings (SSSR count). The third-order valence-corrected chi connectivity index (χ3v) is 5.60. The third-order valence-electron chi connectivity index (χ3n) is 4.30. The average Bonchev–Trinajstić information content (AvgIpc) is 2.93. The van der Waals surface area contributed by atoms with Gasteiger partial charge in [0.15, 0.2) is 0 Å². The maximum absolute atomic E-state index is 6.50. The number of benzene rings is 2. The Morgan fingerprint density at radius 3 is 2.76 bits per heavy atom. The number of hydrogen-bond donors (Lipinski definition) is 2. The van der Waals surface area contributed by atoms with Crippen molar-refractivity contribution in [2.24, 2.45) is 5.73 Å². The summed E-state index contributed by atoms with van der Waals surface area (Å²) in [4.78, 5) is 3.49. The maximum atomic E-state index is 6.50. The fraction of sp³-hybridized carbons (Fsp3) is 0.222. The Balaban J connectivity index is 1.60. The molecule has 0 bridgehead atoms. The maximum Gasteiger partial charge on any atom is 0.0735 e. The standard InChI is InChI=1S/C18H18N2S/c19-18-14-7-3-1-5-12(14)9-10-16(18)21-17-11-13-6-2-4-8-15(13)20-17/h1-8,11,16,18,20H,9-10,19H2. The van der Waals surface area contributed by atoms with Crippen LogP contribution in [-0.2, 0) is 6.42 Å². The first kappa shape index (κ1) is 13.0. The number of aromatic nitrogens is 1. The molecule has 1 aliphatic rings. The molecule has 0 radical (unpaired) electrons. The molecule has 1 heterocycles. The molecule has 2 atom stereocenters. The van der Waals surface area contributed by atoms with Crippen LogP contribution in [0.3, 0.4) is 0 Å². The van der Waals surface area contributed by atoms with Crippen LogP contribution < -0.4 is 5.73 Å². The lowest BCUT2D eigenvalue weighted by atomic mass is 9.88. The van der Waals surface area contributed by atoms with Gasteiger partial charge in [0.1, 0.15) is 0 Å². The molecule has 0 saturated carbocycles. The van der Waals surface area contributed by atoms with E-state index < -0.39 is 0 Å². The first-order chi connectivity index (χ1) is 10.3. The smallest absolute Gasteiger partial charge is 0.0735 e. The summed E-state index contributed by atoms with van der Waals surface area (Å²) < 4.78 is 0. The minimum absolute atomic E-state index is 0.117. The Morgan fingerprint density at radius 1 is 1.05 bits per heavy atom. The molecule has 2 unspecified atom stereocenters. The summed E-state index contributed by atoms with van der Waals surface area (Å²) in [6, 6.07) is 19.3. The minimum Gasteiger partial charge on any atom is -0.350 e. The van der Waals surface area contributed by atoms with Gasteiger partial charge in [-0.2, -0.15) is 0 Å². The minimum atomic E-state index is 0.117. The van der Waals surface area contributed by atoms with Crippen molar-refractivity contribution in [2.45, 2.75) is 29.2 Å². The number of nitrogens with one attached hydrogen (secondary N) is 1. The topological polar surface area (TPSA) is 41.8 Å². The van der Waals surface area contributed by atoms with E-state index in [-0.39, 0.29) is 6.04 Å². The van der Waals surface area contributed by atoms with E-state index in [9.17, 15) is 0 Å². The Bertz CT molecular complexity index is 744. The number of aromatic amines is 1. The Kier molecular flexibility index (Phi) is 3.24. The Hall–Kier alpha value is -1.71. The summed E-state index contributed by atoms with van der Waals surface area (Å²) in [5.74, 6) is 0. The van der Waals surface area contributed by atoms with Crippen molar-refractivity contribution >= 4 is 22.7 Å². The van der Waals surface area contributed by atoms with Crippen molar-refractivity contribution in [1.82, 2.24) is 4.98 Å². The van der Waals surface area contributed by atoms with Crippen LogP contribution in [0.2, 0.25) is 0 Å². The lowest BCUT2D eigenvalue weighted by Gasteiger charge is -2.30. The van der Waals surface area contributed by atoms with Crippen LogP contribution >= 0.6 is 11.8 Å². The zero-order valence-corrected chi connectivity index (χ0v) is 12.6. The largest absolute Gasteiger partial charge is 0.350 e. The number of H-pyrrole nitrogens is 1. The highest BCUT2D eigenvalue weighted by Crippen LogP contribution is 2.39. The monoisotopic (exact) mass is 294 g/mol. The highest BCUT2D eigenvalue weighted by atomic mass is 32.2. The second kappa shape index (κ2) is 5.24. The quantitative estimate of drug-likeness (QED) is 0.741. The summed E-state index contributed by atoms with van der Waals surface area (Å²) in [7, 11) is 0. The lowest BCUT2D eigenvalue weighted by Crippen LogP contribution is -2.29. The number of nitrogens with two attached hydrogens (primary N) is 1. The summed E-state index contributed by atoms with van der Waals surface area (Å²) in [6.45, 7) is 0. The molecule has 0 amide bonds. The number of thioether (sulfide) groups is 1. The molecule has 0 fully saturated rings. The number of hydrogen-bond acceptors (Lipinski definition) is 2. The molecule has 1 aromatic heterocycles. The molecule has 3 N–H and O–H groups in total. The molecule has 3 aromatic rings. The SMILES string of the molecule is NC1c2ccccc2CCC1Sc1cc2ccccc2[nH]1. The number of para-hydroxylation sites is 1. The van der Waals surface area contributed by atoms with E-state index in [0.29, 0.717) is 5.25 Å². The van der Waals surface area contributed by atoms with Gasteiger partial charge in [0.05, 0.1) is 5.03 Å². The van der Waals surface area contributed by atoms with Crippen molar-refractivity contribution in [1.29, 1.82) is 0 Å². The van der Waals surface area contributed by atoms with Gasteiger partial charge in [-0.05, 0) is 36.1 Å². The molecule has 21 heavy (non-hydrogen) atoms. The predicted molar refractivity (Wildman–Crippen MR) is 89.6 cm³/mol. The Morgan fingerprint density at radius 2 is 1.86 bits per heavy atom. The van der Waals surface area contributed by atoms with Crippen LogP contribution in [0.15, 0.2) is 59.6 Å². The zero-order chi connectivity index (χ0) is 14.2. The van der Waals surface area contributed by atoms with E-state index in [0.717, 1.165) is 12.8 Å². The molecular formula is C18H18N2S. The fourth-order valence-corrected chi connectivity index (χ4v) is 4.39. The van der Waals surface area contributed by atoms with Crippen LogP contribution in [0.25, 0.3) is 10.9 Å². The van der Waals surface area contributed by atoms with E-state index in [1.165, 1.54) is 27.1 Å².